The topological polar surface area (TPSA) is 56.7 Å². The molecule has 0 saturated heterocycles. The summed E-state index contributed by atoms with van der Waals surface area (Å²) in [7, 11) is 0. The molecule has 0 fully saturated rings. The molecular formula is C13H18N4. The van der Waals surface area contributed by atoms with Crippen LogP contribution < -0.4 is 5.73 Å². The minimum Gasteiger partial charge on any atom is -0.323 e. The van der Waals surface area contributed by atoms with Gasteiger partial charge in [-0.2, -0.15) is 0 Å². The number of nitrogens with zero attached hydrogens (tertiary/aromatic N) is 3. The molecule has 0 amide bonds. The molecule has 2 N–H and O–H groups in total. The van der Waals surface area contributed by atoms with E-state index < -0.39 is 0 Å². The van der Waals surface area contributed by atoms with Crippen molar-refractivity contribution in [2.75, 3.05) is 0 Å². The predicted molar refractivity (Wildman–Crippen MR) is 67.5 cm³/mol. The lowest BCUT2D eigenvalue weighted by molar-refractivity contribution is 0.543. The Morgan fingerprint density at radius 2 is 2.00 bits per heavy atom. The van der Waals surface area contributed by atoms with Crippen molar-refractivity contribution >= 4 is 0 Å². The summed E-state index contributed by atoms with van der Waals surface area (Å²) < 4.78 is 1.86. The maximum atomic E-state index is 5.93. The molecule has 2 rings (SSSR count). The smallest absolute Gasteiger partial charge is 0.0994 e. The number of nitrogens with two attached hydrogens (primary N) is 1. The first-order valence-corrected chi connectivity index (χ1v) is 5.94. The quantitative estimate of drug-likeness (QED) is 0.876. The standard InChI is InChI=1S/C13H18N4/c1-3-12(14)13-9-17(16-15-13)10(2)11-7-5-4-6-8-11/h4-10,12H,3,14H2,1-2H3. The molecule has 0 bridgehead atoms. The number of aromatic nitrogens is 3. The Morgan fingerprint density at radius 1 is 1.29 bits per heavy atom. The molecule has 1 heterocycles. The number of rotatable bonds is 4. The Bertz CT molecular complexity index is 463. The number of hydrogen-bond acceptors (Lipinski definition) is 3. The lowest BCUT2D eigenvalue weighted by atomic mass is 10.1. The lowest BCUT2D eigenvalue weighted by Crippen LogP contribution is -2.09. The van der Waals surface area contributed by atoms with Crippen molar-refractivity contribution in [2.24, 2.45) is 5.73 Å². The number of hydrogen-bond donors (Lipinski definition) is 1. The van der Waals surface area contributed by atoms with Crippen LogP contribution in [-0.2, 0) is 0 Å². The molecule has 2 atom stereocenters. The van der Waals surface area contributed by atoms with E-state index in [-0.39, 0.29) is 12.1 Å². The van der Waals surface area contributed by atoms with Crippen molar-refractivity contribution in [1.29, 1.82) is 0 Å². The molecule has 17 heavy (non-hydrogen) atoms. The Morgan fingerprint density at radius 3 is 2.65 bits per heavy atom. The van der Waals surface area contributed by atoms with Crippen LogP contribution in [0, 0.1) is 0 Å². The SMILES string of the molecule is CCC(N)c1cn(C(C)c2ccccc2)nn1. The van der Waals surface area contributed by atoms with Gasteiger partial charge in [0.2, 0.25) is 0 Å². The van der Waals surface area contributed by atoms with E-state index in [0.717, 1.165) is 12.1 Å². The average Bonchev–Trinajstić information content (AvgIpc) is 2.87. The summed E-state index contributed by atoms with van der Waals surface area (Å²) >= 11 is 0. The first-order valence-electron chi connectivity index (χ1n) is 5.94. The first-order chi connectivity index (χ1) is 8.22. The highest BCUT2D eigenvalue weighted by Crippen LogP contribution is 2.18. The summed E-state index contributed by atoms with van der Waals surface area (Å²) in [5, 5.41) is 8.27. The van der Waals surface area contributed by atoms with Crippen molar-refractivity contribution in [1.82, 2.24) is 15.0 Å². The molecule has 4 heteroatoms. The first kappa shape index (κ1) is 11.8. The van der Waals surface area contributed by atoms with E-state index in [1.54, 1.807) is 0 Å². The van der Waals surface area contributed by atoms with Gasteiger partial charge in [0.1, 0.15) is 0 Å². The van der Waals surface area contributed by atoms with Gasteiger partial charge in [0.25, 0.3) is 0 Å². The monoisotopic (exact) mass is 230 g/mol. The maximum absolute atomic E-state index is 5.93. The third-order valence-corrected chi connectivity index (χ3v) is 3.03. The maximum Gasteiger partial charge on any atom is 0.0994 e. The van der Waals surface area contributed by atoms with Crippen LogP contribution in [0.25, 0.3) is 0 Å². The van der Waals surface area contributed by atoms with Gasteiger partial charge in [0.05, 0.1) is 24.0 Å². The summed E-state index contributed by atoms with van der Waals surface area (Å²) in [5.41, 5.74) is 8.00. The van der Waals surface area contributed by atoms with E-state index >= 15 is 0 Å². The minimum absolute atomic E-state index is 0.0216. The Balaban J connectivity index is 2.20. The second-order valence-electron chi connectivity index (χ2n) is 4.22. The summed E-state index contributed by atoms with van der Waals surface area (Å²) in [6.07, 6.45) is 2.81. The van der Waals surface area contributed by atoms with Crippen LogP contribution in [0.15, 0.2) is 36.5 Å². The molecule has 1 aromatic carbocycles. The van der Waals surface area contributed by atoms with Gasteiger partial charge in [-0.25, -0.2) is 4.68 Å². The number of benzene rings is 1. The molecule has 90 valence electrons. The fourth-order valence-corrected chi connectivity index (χ4v) is 1.74. The fourth-order valence-electron chi connectivity index (χ4n) is 1.74. The summed E-state index contributed by atoms with van der Waals surface area (Å²) in [4.78, 5) is 0. The third kappa shape index (κ3) is 2.53. The van der Waals surface area contributed by atoms with Gasteiger partial charge in [0, 0.05) is 0 Å². The fraction of sp³-hybridized carbons (Fsp3) is 0.385. The molecule has 4 nitrogen and oxygen atoms in total. The van der Waals surface area contributed by atoms with Gasteiger partial charge in [-0.3, -0.25) is 0 Å². The van der Waals surface area contributed by atoms with Crippen LogP contribution in [0.4, 0.5) is 0 Å². The molecule has 0 radical (unpaired) electrons. The van der Waals surface area contributed by atoms with Crippen LogP contribution >= 0.6 is 0 Å². The van der Waals surface area contributed by atoms with E-state index in [1.807, 2.05) is 36.0 Å². The van der Waals surface area contributed by atoms with Gasteiger partial charge in [-0.1, -0.05) is 42.5 Å². The molecule has 2 aromatic rings. The van der Waals surface area contributed by atoms with Crippen LogP contribution in [0.3, 0.4) is 0 Å². The second-order valence-corrected chi connectivity index (χ2v) is 4.22. The van der Waals surface area contributed by atoms with Gasteiger partial charge in [0.15, 0.2) is 0 Å². The largest absolute Gasteiger partial charge is 0.323 e. The van der Waals surface area contributed by atoms with Crippen molar-refractivity contribution < 1.29 is 0 Å². The van der Waals surface area contributed by atoms with Crippen LogP contribution in [0.5, 0.6) is 0 Å². The van der Waals surface area contributed by atoms with E-state index in [9.17, 15) is 0 Å². The Hall–Kier alpha value is -1.68. The van der Waals surface area contributed by atoms with Crippen molar-refractivity contribution in [3.63, 3.8) is 0 Å². The van der Waals surface area contributed by atoms with Crippen molar-refractivity contribution in [3.05, 3.63) is 47.8 Å². The van der Waals surface area contributed by atoms with Crippen LogP contribution in [0.1, 0.15) is 43.6 Å². The van der Waals surface area contributed by atoms with E-state index in [4.69, 9.17) is 5.73 Å². The average molecular weight is 230 g/mol. The molecule has 0 aliphatic heterocycles. The molecule has 1 aromatic heterocycles. The van der Waals surface area contributed by atoms with E-state index in [1.165, 1.54) is 5.56 Å². The zero-order chi connectivity index (χ0) is 12.3. The molecule has 0 aliphatic carbocycles. The summed E-state index contributed by atoms with van der Waals surface area (Å²) in [6, 6.07) is 10.4. The molecule has 0 saturated carbocycles. The Labute approximate surface area is 101 Å². The second kappa shape index (κ2) is 5.10. The van der Waals surface area contributed by atoms with Gasteiger partial charge >= 0.3 is 0 Å². The van der Waals surface area contributed by atoms with Crippen molar-refractivity contribution in [3.8, 4) is 0 Å². The summed E-state index contributed by atoms with van der Waals surface area (Å²) in [6.45, 7) is 4.15. The zero-order valence-corrected chi connectivity index (χ0v) is 10.2. The molecule has 0 aliphatic rings. The van der Waals surface area contributed by atoms with E-state index in [0.29, 0.717) is 0 Å². The predicted octanol–water partition coefficient (Wildman–Crippen LogP) is 2.30. The van der Waals surface area contributed by atoms with Gasteiger partial charge < -0.3 is 5.73 Å². The van der Waals surface area contributed by atoms with Gasteiger partial charge in [-0.15, -0.1) is 5.10 Å². The summed E-state index contributed by atoms with van der Waals surface area (Å²) in [5.74, 6) is 0. The van der Waals surface area contributed by atoms with Crippen molar-refractivity contribution in [2.45, 2.75) is 32.4 Å². The third-order valence-electron chi connectivity index (χ3n) is 3.03. The zero-order valence-electron chi connectivity index (χ0n) is 10.2. The molecular weight excluding hydrogens is 212 g/mol. The van der Waals surface area contributed by atoms with Gasteiger partial charge in [-0.05, 0) is 18.9 Å². The highest BCUT2D eigenvalue weighted by atomic mass is 15.4. The van der Waals surface area contributed by atoms with E-state index in [2.05, 4.69) is 29.4 Å². The highest BCUT2D eigenvalue weighted by molar-refractivity contribution is 5.19. The normalized spacial score (nSPS) is 14.5. The minimum atomic E-state index is -0.0216. The van der Waals surface area contributed by atoms with Crippen LogP contribution in [-0.4, -0.2) is 15.0 Å². The highest BCUT2D eigenvalue weighted by Gasteiger charge is 2.12. The molecule has 2 unspecified atom stereocenters. The van der Waals surface area contributed by atoms with Crippen LogP contribution in [0.2, 0.25) is 0 Å². The molecule has 0 spiro atoms. The Kier molecular flexibility index (Phi) is 3.54. The lowest BCUT2D eigenvalue weighted by Gasteiger charge is -2.11.